The zero-order valence-corrected chi connectivity index (χ0v) is 16.6. The molecule has 1 heterocycles. The van der Waals surface area contributed by atoms with E-state index in [1.165, 1.54) is 0 Å². The highest BCUT2D eigenvalue weighted by Gasteiger charge is 2.35. The minimum absolute atomic E-state index is 0.0411. The molecule has 2 atom stereocenters. The van der Waals surface area contributed by atoms with E-state index in [4.69, 9.17) is 4.74 Å². The number of benzene rings is 2. The molecule has 2 aromatic rings. The lowest BCUT2D eigenvalue weighted by Crippen LogP contribution is -2.38. The average Bonchev–Trinajstić information content (AvgIpc) is 3.10. The molecular formula is C22H27N3O3. The zero-order valence-electron chi connectivity index (χ0n) is 16.6. The number of carbonyl (C=O) groups is 2. The van der Waals surface area contributed by atoms with Crippen molar-refractivity contribution in [2.24, 2.45) is 5.92 Å². The third kappa shape index (κ3) is 4.51. The minimum Gasteiger partial charge on any atom is -0.497 e. The minimum atomic E-state index is -0.350. The van der Waals surface area contributed by atoms with Gasteiger partial charge in [-0.25, -0.2) is 0 Å². The van der Waals surface area contributed by atoms with E-state index in [0.717, 1.165) is 11.3 Å². The van der Waals surface area contributed by atoms with Gasteiger partial charge < -0.3 is 19.9 Å². The molecule has 0 spiro atoms. The molecule has 0 saturated carbocycles. The molecule has 6 nitrogen and oxygen atoms in total. The molecule has 28 heavy (non-hydrogen) atoms. The van der Waals surface area contributed by atoms with Crippen LogP contribution >= 0.6 is 0 Å². The fourth-order valence-electron chi connectivity index (χ4n) is 3.53. The number of nitrogens with one attached hydrogen (secondary N) is 1. The highest BCUT2D eigenvalue weighted by molar-refractivity contribution is 6.00. The van der Waals surface area contributed by atoms with Crippen LogP contribution in [-0.4, -0.2) is 51.0 Å². The molecule has 0 radical (unpaired) electrons. The van der Waals surface area contributed by atoms with Gasteiger partial charge in [0.1, 0.15) is 5.75 Å². The lowest BCUT2D eigenvalue weighted by molar-refractivity contribution is -0.126. The lowest BCUT2D eigenvalue weighted by atomic mass is 10.0. The summed E-state index contributed by atoms with van der Waals surface area (Å²) >= 11 is 0. The Morgan fingerprint density at radius 3 is 2.64 bits per heavy atom. The van der Waals surface area contributed by atoms with Gasteiger partial charge in [0.05, 0.1) is 19.1 Å². The van der Waals surface area contributed by atoms with Gasteiger partial charge in [0.15, 0.2) is 0 Å². The van der Waals surface area contributed by atoms with Crippen LogP contribution in [0.5, 0.6) is 5.75 Å². The molecule has 0 aromatic heterocycles. The summed E-state index contributed by atoms with van der Waals surface area (Å²) in [6.45, 7) is 0.884. The molecule has 6 heteroatoms. The second kappa shape index (κ2) is 8.89. The number of anilines is 1. The number of hydrogen-bond acceptors (Lipinski definition) is 4. The summed E-state index contributed by atoms with van der Waals surface area (Å²) in [4.78, 5) is 28.9. The fourth-order valence-corrected chi connectivity index (χ4v) is 3.53. The van der Waals surface area contributed by atoms with E-state index in [1.807, 2.05) is 56.6 Å². The van der Waals surface area contributed by atoms with E-state index in [9.17, 15) is 9.59 Å². The summed E-state index contributed by atoms with van der Waals surface area (Å²) in [7, 11) is 5.58. The highest BCUT2D eigenvalue weighted by atomic mass is 16.5. The largest absolute Gasteiger partial charge is 0.497 e. The van der Waals surface area contributed by atoms with Crippen molar-refractivity contribution in [1.29, 1.82) is 0 Å². The van der Waals surface area contributed by atoms with E-state index < -0.39 is 0 Å². The number of likely N-dealkylation sites (N-methyl/N-ethyl adjacent to an activating group) is 1. The van der Waals surface area contributed by atoms with Crippen molar-refractivity contribution in [3.05, 3.63) is 60.2 Å². The van der Waals surface area contributed by atoms with E-state index in [2.05, 4.69) is 22.3 Å². The van der Waals surface area contributed by atoms with Crippen molar-refractivity contribution >= 4 is 17.5 Å². The van der Waals surface area contributed by atoms with Crippen LogP contribution < -0.4 is 15.0 Å². The predicted molar refractivity (Wildman–Crippen MR) is 109 cm³/mol. The van der Waals surface area contributed by atoms with Gasteiger partial charge in [0.2, 0.25) is 11.8 Å². The normalized spacial score (nSPS) is 17.6. The van der Waals surface area contributed by atoms with Crippen molar-refractivity contribution in [2.45, 2.75) is 12.5 Å². The van der Waals surface area contributed by atoms with Crippen molar-refractivity contribution in [1.82, 2.24) is 10.2 Å². The maximum Gasteiger partial charge on any atom is 0.227 e. The number of hydrogen-bond donors (Lipinski definition) is 1. The van der Waals surface area contributed by atoms with Crippen LogP contribution in [0.3, 0.4) is 0 Å². The molecule has 148 valence electrons. The third-order valence-corrected chi connectivity index (χ3v) is 5.14. The van der Waals surface area contributed by atoms with Crippen LogP contribution in [0.2, 0.25) is 0 Å². The number of ether oxygens (including phenoxy) is 1. The van der Waals surface area contributed by atoms with Gasteiger partial charge in [0.25, 0.3) is 0 Å². The molecule has 2 aromatic carbocycles. The number of methoxy groups -OCH3 is 1. The Bertz CT molecular complexity index is 823. The fraction of sp³-hybridized carbons (Fsp3) is 0.364. The van der Waals surface area contributed by atoms with Crippen LogP contribution in [0.1, 0.15) is 18.0 Å². The molecule has 1 saturated heterocycles. The third-order valence-electron chi connectivity index (χ3n) is 5.14. The van der Waals surface area contributed by atoms with Gasteiger partial charge in [-0.1, -0.05) is 36.4 Å². The van der Waals surface area contributed by atoms with Gasteiger partial charge >= 0.3 is 0 Å². The molecule has 3 rings (SSSR count). The van der Waals surface area contributed by atoms with E-state index >= 15 is 0 Å². The summed E-state index contributed by atoms with van der Waals surface area (Å²) in [5.74, 6) is 0.217. The SMILES string of the molecule is COc1cccc(N2C[C@H](C(=O)NC[C@H](c3ccccc3)N(C)C)CC2=O)c1. The number of carbonyl (C=O) groups excluding carboxylic acids is 2. The number of nitrogens with zero attached hydrogens (tertiary/aromatic N) is 2. The van der Waals surface area contributed by atoms with Gasteiger partial charge in [-0.2, -0.15) is 0 Å². The first kappa shape index (κ1) is 19.9. The Hall–Kier alpha value is -2.86. The van der Waals surface area contributed by atoms with E-state index in [0.29, 0.717) is 18.8 Å². The molecule has 1 aliphatic rings. The Labute approximate surface area is 166 Å². The summed E-state index contributed by atoms with van der Waals surface area (Å²) < 4.78 is 5.23. The molecular weight excluding hydrogens is 354 g/mol. The Morgan fingerprint density at radius 1 is 1.21 bits per heavy atom. The van der Waals surface area contributed by atoms with Gasteiger partial charge in [-0.3, -0.25) is 9.59 Å². The Kier molecular flexibility index (Phi) is 6.31. The van der Waals surface area contributed by atoms with Gasteiger partial charge in [0, 0.05) is 31.3 Å². The summed E-state index contributed by atoms with van der Waals surface area (Å²) in [5.41, 5.74) is 1.91. The van der Waals surface area contributed by atoms with Crippen LogP contribution in [0.25, 0.3) is 0 Å². The first-order valence-electron chi connectivity index (χ1n) is 9.43. The van der Waals surface area contributed by atoms with Crippen molar-refractivity contribution in [3.63, 3.8) is 0 Å². The first-order valence-corrected chi connectivity index (χ1v) is 9.43. The average molecular weight is 381 g/mol. The molecule has 1 aliphatic heterocycles. The summed E-state index contributed by atoms with van der Waals surface area (Å²) in [5, 5.41) is 3.04. The molecule has 1 N–H and O–H groups in total. The molecule has 0 aliphatic carbocycles. The highest BCUT2D eigenvalue weighted by Crippen LogP contribution is 2.28. The summed E-state index contributed by atoms with van der Waals surface area (Å²) in [6.07, 6.45) is 0.223. The molecule has 1 fully saturated rings. The predicted octanol–water partition coefficient (Wildman–Crippen LogP) is 2.47. The lowest BCUT2D eigenvalue weighted by Gasteiger charge is -2.25. The molecule has 2 amide bonds. The molecule has 0 bridgehead atoms. The maximum absolute atomic E-state index is 12.7. The second-order valence-electron chi connectivity index (χ2n) is 7.24. The van der Waals surface area contributed by atoms with E-state index in [1.54, 1.807) is 12.0 Å². The van der Waals surface area contributed by atoms with Crippen LogP contribution in [0, 0.1) is 5.92 Å². The molecule has 0 unspecified atom stereocenters. The van der Waals surface area contributed by atoms with Crippen LogP contribution in [0.4, 0.5) is 5.69 Å². The topological polar surface area (TPSA) is 61.9 Å². The number of rotatable bonds is 7. The number of amides is 2. The van der Waals surface area contributed by atoms with Crippen molar-refractivity contribution in [2.75, 3.05) is 39.2 Å². The van der Waals surface area contributed by atoms with Gasteiger partial charge in [-0.05, 0) is 31.8 Å². The smallest absolute Gasteiger partial charge is 0.227 e. The maximum atomic E-state index is 12.7. The Balaban J connectivity index is 1.62. The quantitative estimate of drug-likeness (QED) is 0.800. The second-order valence-corrected chi connectivity index (χ2v) is 7.24. The zero-order chi connectivity index (χ0) is 20.1. The van der Waals surface area contributed by atoms with Crippen molar-refractivity contribution in [3.8, 4) is 5.75 Å². The standard InChI is InChI=1S/C22H27N3O3/c1-24(2)20(16-8-5-4-6-9-16)14-23-22(27)17-12-21(26)25(15-17)18-10-7-11-19(13-18)28-3/h4-11,13,17,20H,12,14-15H2,1-3H3,(H,23,27)/t17-,20-/m1/s1. The van der Waals surface area contributed by atoms with Crippen LogP contribution in [-0.2, 0) is 9.59 Å². The first-order chi connectivity index (χ1) is 13.5. The van der Waals surface area contributed by atoms with Crippen molar-refractivity contribution < 1.29 is 14.3 Å². The summed E-state index contributed by atoms with van der Waals surface area (Å²) in [6, 6.07) is 17.5. The van der Waals surface area contributed by atoms with Crippen LogP contribution in [0.15, 0.2) is 54.6 Å². The Morgan fingerprint density at radius 2 is 1.96 bits per heavy atom. The monoisotopic (exact) mass is 381 g/mol. The van der Waals surface area contributed by atoms with E-state index in [-0.39, 0.29) is 30.2 Å². The van der Waals surface area contributed by atoms with Gasteiger partial charge in [-0.15, -0.1) is 0 Å².